The van der Waals surface area contributed by atoms with Crippen LogP contribution in [-0.4, -0.2) is 9.55 Å². The Kier molecular flexibility index (Phi) is 6.93. The second-order valence-electron chi connectivity index (χ2n) is 6.35. The molecule has 0 aliphatic heterocycles. The Morgan fingerprint density at radius 2 is 1.67 bits per heavy atom. The fraction of sp³-hybridized carbons (Fsp3) is 0.765. The number of unbranched alkanes of at least 4 members (excludes halogenated alkanes) is 4. The molecule has 1 unspecified atom stereocenters. The molecular formula is C17H30N2O2. The molecule has 0 aliphatic rings. The van der Waals surface area contributed by atoms with Gasteiger partial charge in [-0.3, -0.25) is 14.3 Å². The molecule has 0 bridgehead atoms. The molecule has 0 amide bonds. The fourth-order valence-corrected chi connectivity index (χ4v) is 2.82. The summed E-state index contributed by atoms with van der Waals surface area (Å²) >= 11 is 0. The van der Waals surface area contributed by atoms with Crippen molar-refractivity contribution in [2.24, 2.45) is 0 Å². The van der Waals surface area contributed by atoms with E-state index in [-0.39, 0.29) is 16.8 Å². The topological polar surface area (TPSA) is 54.9 Å². The van der Waals surface area contributed by atoms with Gasteiger partial charge in [-0.05, 0) is 26.7 Å². The van der Waals surface area contributed by atoms with E-state index < -0.39 is 0 Å². The van der Waals surface area contributed by atoms with Crippen molar-refractivity contribution in [3.63, 3.8) is 0 Å². The average molecular weight is 294 g/mol. The first-order valence-electron chi connectivity index (χ1n) is 8.27. The normalized spacial score (nSPS) is 14.1. The number of hydrogen-bond acceptors (Lipinski definition) is 2. The van der Waals surface area contributed by atoms with Crippen molar-refractivity contribution >= 4 is 0 Å². The highest BCUT2D eigenvalue weighted by Gasteiger charge is 2.26. The van der Waals surface area contributed by atoms with Gasteiger partial charge in [-0.2, -0.15) is 0 Å². The third kappa shape index (κ3) is 4.87. The molecule has 1 aromatic heterocycles. The minimum Gasteiger partial charge on any atom is -0.295 e. The molecule has 1 aromatic rings. The van der Waals surface area contributed by atoms with Crippen molar-refractivity contribution < 1.29 is 0 Å². The van der Waals surface area contributed by atoms with Crippen LogP contribution in [0.15, 0.2) is 15.8 Å². The van der Waals surface area contributed by atoms with Crippen molar-refractivity contribution in [1.82, 2.24) is 9.55 Å². The first kappa shape index (κ1) is 17.7. The van der Waals surface area contributed by atoms with Crippen LogP contribution >= 0.6 is 0 Å². The van der Waals surface area contributed by atoms with Gasteiger partial charge in [0.2, 0.25) is 0 Å². The van der Waals surface area contributed by atoms with E-state index in [1.807, 2.05) is 0 Å². The van der Waals surface area contributed by atoms with E-state index in [1.54, 1.807) is 17.7 Å². The Labute approximate surface area is 127 Å². The lowest BCUT2D eigenvalue weighted by atomic mass is 9.88. The number of aryl methyl sites for hydroxylation is 1. The van der Waals surface area contributed by atoms with Crippen molar-refractivity contribution in [2.45, 2.75) is 84.6 Å². The lowest BCUT2D eigenvalue weighted by Gasteiger charge is -2.32. The van der Waals surface area contributed by atoms with Gasteiger partial charge in [-0.1, -0.05) is 52.4 Å². The van der Waals surface area contributed by atoms with Crippen LogP contribution in [0.5, 0.6) is 0 Å². The number of aromatic nitrogens is 2. The summed E-state index contributed by atoms with van der Waals surface area (Å²) in [5, 5.41) is 0. The maximum absolute atomic E-state index is 12.2. The third-order valence-corrected chi connectivity index (χ3v) is 4.34. The molecule has 4 nitrogen and oxygen atoms in total. The molecule has 120 valence electrons. The lowest BCUT2D eigenvalue weighted by Crippen LogP contribution is -2.42. The number of hydrogen-bond donors (Lipinski definition) is 1. The Hall–Kier alpha value is -1.32. The molecule has 0 fully saturated rings. The van der Waals surface area contributed by atoms with E-state index in [4.69, 9.17) is 0 Å². The summed E-state index contributed by atoms with van der Waals surface area (Å²) in [6, 6.07) is 0. The van der Waals surface area contributed by atoms with E-state index in [2.05, 4.69) is 25.8 Å². The zero-order valence-corrected chi connectivity index (χ0v) is 14.0. The van der Waals surface area contributed by atoms with Gasteiger partial charge in [0, 0.05) is 17.3 Å². The van der Waals surface area contributed by atoms with Gasteiger partial charge in [0.1, 0.15) is 0 Å². The average Bonchev–Trinajstić information content (AvgIpc) is 2.45. The van der Waals surface area contributed by atoms with Gasteiger partial charge >= 0.3 is 5.69 Å². The molecular weight excluding hydrogens is 264 g/mol. The molecule has 1 rings (SSSR count). The molecule has 0 saturated heterocycles. The van der Waals surface area contributed by atoms with Crippen LogP contribution in [0.2, 0.25) is 0 Å². The highest BCUT2D eigenvalue weighted by Crippen LogP contribution is 2.28. The smallest absolute Gasteiger partial charge is 0.295 e. The van der Waals surface area contributed by atoms with Crippen molar-refractivity contribution in [3.8, 4) is 0 Å². The predicted octanol–water partition coefficient (Wildman–Crippen LogP) is 3.72. The molecule has 0 aliphatic carbocycles. The van der Waals surface area contributed by atoms with E-state index in [0.29, 0.717) is 5.56 Å². The molecule has 0 radical (unpaired) electrons. The Balaban J connectivity index is 3.03. The Morgan fingerprint density at radius 3 is 2.29 bits per heavy atom. The predicted molar refractivity (Wildman–Crippen MR) is 88.0 cm³/mol. The van der Waals surface area contributed by atoms with Gasteiger partial charge < -0.3 is 0 Å². The number of nitrogens with one attached hydrogen (secondary N) is 1. The van der Waals surface area contributed by atoms with Crippen molar-refractivity contribution in [3.05, 3.63) is 32.6 Å². The van der Waals surface area contributed by atoms with Crippen LogP contribution in [0.3, 0.4) is 0 Å². The maximum Gasteiger partial charge on any atom is 0.328 e. The Bertz CT molecular complexity index is 544. The number of rotatable bonds is 9. The highest BCUT2D eigenvalue weighted by atomic mass is 16.2. The van der Waals surface area contributed by atoms with E-state index in [0.717, 1.165) is 32.1 Å². The van der Waals surface area contributed by atoms with Crippen LogP contribution in [0.25, 0.3) is 0 Å². The first-order chi connectivity index (χ1) is 9.94. The van der Waals surface area contributed by atoms with Gasteiger partial charge in [-0.25, -0.2) is 4.79 Å². The minimum atomic E-state index is -0.278. The molecule has 1 atom stereocenters. The quantitative estimate of drug-likeness (QED) is 0.706. The third-order valence-electron chi connectivity index (χ3n) is 4.34. The van der Waals surface area contributed by atoms with E-state index in [1.165, 1.54) is 19.3 Å². The molecule has 0 spiro atoms. The molecule has 1 heterocycles. The zero-order valence-electron chi connectivity index (χ0n) is 14.0. The summed E-state index contributed by atoms with van der Waals surface area (Å²) in [4.78, 5) is 26.2. The molecule has 0 aromatic carbocycles. The van der Waals surface area contributed by atoms with Crippen LogP contribution in [0.4, 0.5) is 0 Å². The molecule has 1 N–H and O–H groups in total. The van der Waals surface area contributed by atoms with Gasteiger partial charge in [-0.15, -0.1) is 0 Å². The van der Waals surface area contributed by atoms with Crippen LogP contribution in [-0.2, 0) is 5.54 Å². The van der Waals surface area contributed by atoms with Crippen LogP contribution in [0, 0.1) is 6.92 Å². The summed E-state index contributed by atoms with van der Waals surface area (Å²) in [7, 11) is 0. The summed E-state index contributed by atoms with van der Waals surface area (Å²) in [6.45, 7) is 8.27. The fourth-order valence-electron chi connectivity index (χ4n) is 2.82. The monoisotopic (exact) mass is 294 g/mol. The summed E-state index contributed by atoms with van der Waals surface area (Å²) < 4.78 is 1.76. The maximum atomic E-state index is 12.2. The van der Waals surface area contributed by atoms with Crippen molar-refractivity contribution in [2.75, 3.05) is 0 Å². The SMILES string of the molecule is CCCCCCC(C)(CCCC)n1cc(C)c(=O)[nH]c1=O. The second kappa shape index (κ2) is 8.20. The first-order valence-corrected chi connectivity index (χ1v) is 8.27. The summed E-state index contributed by atoms with van der Waals surface area (Å²) in [6.07, 6.45) is 10.7. The van der Waals surface area contributed by atoms with Gasteiger partial charge in [0.25, 0.3) is 5.56 Å². The number of H-pyrrole nitrogens is 1. The lowest BCUT2D eigenvalue weighted by molar-refractivity contribution is 0.241. The standard InChI is InChI=1S/C17H30N2O2/c1-5-7-9-10-12-17(4,11-8-6-2)19-13-14(3)15(20)18-16(19)21/h13H,5-12H2,1-4H3,(H,18,20,21). The zero-order chi connectivity index (χ0) is 15.9. The second-order valence-corrected chi connectivity index (χ2v) is 6.35. The summed E-state index contributed by atoms with van der Waals surface area (Å²) in [5.74, 6) is 0. The van der Waals surface area contributed by atoms with E-state index >= 15 is 0 Å². The van der Waals surface area contributed by atoms with Crippen LogP contribution in [0.1, 0.15) is 77.7 Å². The Morgan fingerprint density at radius 1 is 1.05 bits per heavy atom. The number of aromatic amines is 1. The molecule has 4 heteroatoms. The van der Waals surface area contributed by atoms with Crippen LogP contribution < -0.4 is 11.2 Å². The van der Waals surface area contributed by atoms with E-state index in [9.17, 15) is 9.59 Å². The van der Waals surface area contributed by atoms with Gasteiger partial charge in [0.05, 0.1) is 0 Å². The highest BCUT2D eigenvalue weighted by molar-refractivity contribution is 5.03. The minimum absolute atomic E-state index is 0.199. The largest absolute Gasteiger partial charge is 0.328 e. The van der Waals surface area contributed by atoms with Crippen molar-refractivity contribution in [1.29, 1.82) is 0 Å². The molecule has 0 saturated carbocycles. The molecule has 21 heavy (non-hydrogen) atoms. The summed E-state index contributed by atoms with van der Waals surface area (Å²) in [5.41, 5.74) is -0.152. The number of nitrogens with zero attached hydrogens (tertiary/aromatic N) is 1. The van der Waals surface area contributed by atoms with Gasteiger partial charge in [0.15, 0.2) is 0 Å².